The Hall–Kier alpha value is -2.42. The molecule has 18 heavy (non-hydrogen) atoms. The van der Waals surface area contributed by atoms with Crippen LogP contribution >= 0.6 is 0 Å². The summed E-state index contributed by atoms with van der Waals surface area (Å²) >= 11 is 0. The molecule has 0 unspecified atom stereocenters. The van der Waals surface area contributed by atoms with Crippen molar-refractivity contribution in [3.63, 3.8) is 0 Å². The van der Waals surface area contributed by atoms with Gasteiger partial charge in [0, 0.05) is 5.56 Å². The standard InChI is InChI=1S/C15H12N2O/c1-10-6-8-11(9-7-10)16-14-12-4-2-3-5-13(12)15(18)17-14/h2-9H,1H3,(H,16,17,18). The van der Waals surface area contributed by atoms with Crippen LogP contribution in [0.25, 0.3) is 0 Å². The lowest BCUT2D eigenvalue weighted by molar-refractivity contribution is 0.0983. The lowest BCUT2D eigenvalue weighted by Crippen LogP contribution is -2.21. The minimum absolute atomic E-state index is 0.0866. The van der Waals surface area contributed by atoms with Crippen LogP contribution in [0.5, 0.6) is 0 Å². The summed E-state index contributed by atoms with van der Waals surface area (Å²) in [7, 11) is 0. The highest BCUT2D eigenvalue weighted by atomic mass is 16.2. The zero-order chi connectivity index (χ0) is 12.5. The van der Waals surface area contributed by atoms with E-state index >= 15 is 0 Å². The maximum Gasteiger partial charge on any atom is 0.257 e. The highest BCUT2D eigenvalue weighted by Gasteiger charge is 2.23. The lowest BCUT2D eigenvalue weighted by atomic mass is 10.1. The second-order valence-corrected chi connectivity index (χ2v) is 4.30. The summed E-state index contributed by atoms with van der Waals surface area (Å²) in [6.07, 6.45) is 0. The number of hydrogen-bond donors (Lipinski definition) is 1. The third-order valence-corrected chi connectivity index (χ3v) is 2.93. The fourth-order valence-electron chi connectivity index (χ4n) is 1.97. The van der Waals surface area contributed by atoms with Crippen LogP contribution in [0.3, 0.4) is 0 Å². The van der Waals surface area contributed by atoms with Gasteiger partial charge in [0.15, 0.2) is 0 Å². The molecule has 1 amide bonds. The Labute approximate surface area is 105 Å². The number of fused-ring (bicyclic) bond motifs is 1. The smallest absolute Gasteiger partial charge is 0.257 e. The zero-order valence-electron chi connectivity index (χ0n) is 9.97. The molecule has 0 spiro atoms. The number of benzene rings is 2. The fraction of sp³-hybridized carbons (Fsp3) is 0.0667. The molecule has 0 bridgehead atoms. The monoisotopic (exact) mass is 236 g/mol. The molecule has 0 radical (unpaired) electrons. The minimum Gasteiger partial charge on any atom is -0.306 e. The number of nitrogens with one attached hydrogen (secondary N) is 1. The van der Waals surface area contributed by atoms with E-state index in [2.05, 4.69) is 10.3 Å². The van der Waals surface area contributed by atoms with Gasteiger partial charge in [0.25, 0.3) is 5.91 Å². The number of aryl methyl sites for hydroxylation is 1. The summed E-state index contributed by atoms with van der Waals surface area (Å²) in [5, 5.41) is 2.79. The summed E-state index contributed by atoms with van der Waals surface area (Å²) < 4.78 is 0. The molecule has 3 rings (SSSR count). The van der Waals surface area contributed by atoms with Gasteiger partial charge in [-0.15, -0.1) is 0 Å². The molecule has 3 heteroatoms. The second-order valence-electron chi connectivity index (χ2n) is 4.30. The van der Waals surface area contributed by atoms with Gasteiger partial charge in [-0.2, -0.15) is 0 Å². The molecule has 0 atom stereocenters. The Morgan fingerprint density at radius 2 is 1.61 bits per heavy atom. The van der Waals surface area contributed by atoms with Gasteiger partial charge in [0.1, 0.15) is 5.84 Å². The number of aliphatic imine (C=N–C) groups is 1. The first-order valence-corrected chi connectivity index (χ1v) is 5.80. The second kappa shape index (κ2) is 4.11. The highest BCUT2D eigenvalue weighted by Crippen LogP contribution is 2.19. The van der Waals surface area contributed by atoms with E-state index < -0.39 is 0 Å². The Kier molecular flexibility index (Phi) is 2.45. The van der Waals surface area contributed by atoms with Crippen molar-refractivity contribution in [2.45, 2.75) is 6.92 Å². The third kappa shape index (κ3) is 1.80. The average molecular weight is 236 g/mol. The Balaban J connectivity index is 2.04. The fourth-order valence-corrected chi connectivity index (χ4v) is 1.97. The number of amidine groups is 1. The average Bonchev–Trinajstić information content (AvgIpc) is 2.70. The van der Waals surface area contributed by atoms with Crippen molar-refractivity contribution in [3.05, 3.63) is 65.2 Å². The number of amides is 1. The van der Waals surface area contributed by atoms with E-state index in [-0.39, 0.29) is 5.91 Å². The Bertz CT molecular complexity index is 642. The van der Waals surface area contributed by atoms with Crippen molar-refractivity contribution < 1.29 is 4.79 Å². The number of rotatable bonds is 1. The summed E-state index contributed by atoms with van der Waals surface area (Å²) in [6.45, 7) is 2.03. The van der Waals surface area contributed by atoms with Gasteiger partial charge in [-0.1, -0.05) is 35.9 Å². The van der Waals surface area contributed by atoms with Gasteiger partial charge >= 0.3 is 0 Å². The number of hydrogen-bond acceptors (Lipinski definition) is 2. The van der Waals surface area contributed by atoms with E-state index in [0.717, 1.165) is 11.3 Å². The van der Waals surface area contributed by atoms with Crippen molar-refractivity contribution in [2.75, 3.05) is 0 Å². The van der Waals surface area contributed by atoms with Gasteiger partial charge in [0.2, 0.25) is 0 Å². The molecule has 0 aliphatic carbocycles. The first-order chi connectivity index (χ1) is 8.74. The number of carbonyl (C=O) groups is 1. The van der Waals surface area contributed by atoms with E-state index in [4.69, 9.17) is 0 Å². The number of nitrogens with zero attached hydrogens (tertiary/aromatic N) is 1. The zero-order valence-corrected chi connectivity index (χ0v) is 9.97. The SMILES string of the molecule is Cc1ccc(N=C2NC(=O)c3ccccc32)cc1. The first kappa shape index (κ1) is 10.7. The van der Waals surface area contributed by atoms with Gasteiger partial charge in [0.05, 0.1) is 11.3 Å². The van der Waals surface area contributed by atoms with Crippen LogP contribution in [0, 0.1) is 6.92 Å². The summed E-state index contributed by atoms with van der Waals surface area (Å²) in [5.74, 6) is 0.538. The summed E-state index contributed by atoms with van der Waals surface area (Å²) in [4.78, 5) is 16.2. The van der Waals surface area contributed by atoms with Crippen LogP contribution in [0.2, 0.25) is 0 Å². The van der Waals surface area contributed by atoms with Crippen molar-refractivity contribution in [1.29, 1.82) is 0 Å². The van der Waals surface area contributed by atoms with Gasteiger partial charge in [-0.05, 0) is 25.1 Å². The quantitative estimate of drug-likeness (QED) is 0.812. The summed E-state index contributed by atoms with van der Waals surface area (Å²) in [6, 6.07) is 15.4. The predicted molar refractivity (Wildman–Crippen MR) is 71.3 cm³/mol. The van der Waals surface area contributed by atoms with Crippen molar-refractivity contribution >= 4 is 17.4 Å². The molecule has 2 aromatic carbocycles. The van der Waals surface area contributed by atoms with E-state index in [0.29, 0.717) is 11.4 Å². The normalized spacial score (nSPS) is 15.6. The van der Waals surface area contributed by atoms with Crippen LogP contribution in [0.4, 0.5) is 5.69 Å². The van der Waals surface area contributed by atoms with Crippen LogP contribution < -0.4 is 5.32 Å². The van der Waals surface area contributed by atoms with Crippen LogP contribution in [0.1, 0.15) is 21.5 Å². The molecular weight excluding hydrogens is 224 g/mol. The van der Waals surface area contributed by atoms with Crippen LogP contribution in [0.15, 0.2) is 53.5 Å². The van der Waals surface area contributed by atoms with Gasteiger partial charge in [-0.3, -0.25) is 4.79 Å². The van der Waals surface area contributed by atoms with Gasteiger partial charge in [-0.25, -0.2) is 4.99 Å². The van der Waals surface area contributed by atoms with Crippen molar-refractivity contribution in [3.8, 4) is 0 Å². The Morgan fingerprint density at radius 3 is 2.33 bits per heavy atom. The van der Waals surface area contributed by atoms with E-state index in [1.54, 1.807) is 0 Å². The molecule has 88 valence electrons. The molecule has 0 saturated carbocycles. The van der Waals surface area contributed by atoms with Crippen molar-refractivity contribution in [1.82, 2.24) is 5.32 Å². The number of carbonyl (C=O) groups excluding carboxylic acids is 1. The summed E-state index contributed by atoms with van der Waals surface area (Å²) in [5.41, 5.74) is 3.58. The molecule has 0 saturated heterocycles. The highest BCUT2D eigenvalue weighted by molar-refractivity contribution is 6.23. The van der Waals surface area contributed by atoms with Crippen molar-refractivity contribution in [2.24, 2.45) is 4.99 Å². The molecular formula is C15H12N2O. The molecule has 0 aromatic heterocycles. The van der Waals surface area contributed by atoms with E-state index in [1.807, 2.05) is 55.5 Å². The van der Waals surface area contributed by atoms with Gasteiger partial charge < -0.3 is 5.32 Å². The molecule has 1 aliphatic rings. The lowest BCUT2D eigenvalue weighted by Gasteiger charge is -1.99. The molecule has 3 nitrogen and oxygen atoms in total. The molecule has 1 heterocycles. The van der Waals surface area contributed by atoms with E-state index in [1.165, 1.54) is 5.56 Å². The third-order valence-electron chi connectivity index (χ3n) is 2.93. The maximum atomic E-state index is 11.7. The topological polar surface area (TPSA) is 41.5 Å². The van der Waals surface area contributed by atoms with Crippen LogP contribution in [-0.4, -0.2) is 11.7 Å². The molecule has 1 N–H and O–H groups in total. The largest absolute Gasteiger partial charge is 0.306 e. The Morgan fingerprint density at radius 1 is 0.944 bits per heavy atom. The molecule has 1 aliphatic heterocycles. The first-order valence-electron chi connectivity index (χ1n) is 5.80. The minimum atomic E-state index is -0.0866. The molecule has 2 aromatic rings. The van der Waals surface area contributed by atoms with E-state index in [9.17, 15) is 4.79 Å². The predicted octanol–water partition coefficient (Wildman–Crippen LogP) is 2.82. The molecule has 0 fully saturated rings. The maximum absolute atomic E-state index is 11.7. The van der Waals surface area contributed by atoms with Crippen LogP contribution in [-0.2, 0) is 0 Å².